The van der Waals surface area contributed by atoms with Gasteiger partial charge in [0.2, 0.25) is 0 Å². The Labute approximate surface area is 218 Å². The van der Waals surface area contributed by atoms with Crippen molar-refractivity contribution in [2.75, 3.05) is 18.0 Å². The highest BCUT2D eigenvalue weighted by Gasteiger charge is 2.25. The fraction of sp³-hybridized carbons (Fsp3) is 0.161. The molecule has 5 nitrogen and oxygen atoms in total. The second-order valence-electron chi connectivity index (χ2n) is 8.82. The number of nitrogens with zero attached hydrogens (tertiary/aromatic N) is 2. The number of anilines is 1. The average molecular weight is 509 g/mol. The molecule has 0 fully saturated rings. The molecule has 0 aliphatic carbocycles. The summed E-state index contributed by atoms with van der Waals surface area (Å²) in [6.07, 6.45) is 0. The zero-order valence-electron chi connectivity index (χ0n) is 21.1. The Hall–Kier alpha value is -4.21. The van der Waals surface area contributed by atoms with Crippen molar-refractivity contribution in [2.24, 2.45) is 0 Å². The second kappa shape index (κ2) is 10.0. The van der Waals surface area contributed by atoms with Crippen LogP contribution in [0.15, 0.2) is 95.9 Å². The van der Waals surface area contributed by atoms with E-state index in [2.05, 4.69) is 35.5 Å². The van der Waals surface area contributed by atoms with E-state index in [-0.39, 0.29) is 11.4 Å². The molecule has 1 aromatic heterocycles. The molecule has 0 N–H and O–H groups in total. The normalized spacial score (nSPS) is 11.3. The van der Waals surface area contributed by atoms with Crippen molar-refractivity contribution in [3.8, 4) is 17.6 Å². The number of sulfonamides is 1. The number of hydrogen-bond acceptors (Lipinski definition) is 3. The zero-order chi connectivity index (χ0) is 26.0. The highest BCUT2D eigenvalue weighted by atomic mass is 32.2. The van der Waals surface area contributed by atoms with Gasteiger partial charge in [-0.3, -0.25) is 4.31 Å². The summed E-state index contributed by atoms with van der Waals surface area (Å²) in [6, 6.07) is 28.4. The summed E-state index contributed by atoms with van der Waals surface area (Å²) in [4.78, 5) is 0.237. The van der Waals surface area contributed by atoms with Gasteiger partial charge in [0.05, 0.1) is 24.2 Å². The summed E-state index contributed by atoms with van der Waals surface area (Å²) in [5.41, 5.74) is 4.57. The molecule has 0 unspecified atom stereocenters. The minimum atomic E-state index is -3.85. The van der Waals surface area contributed by atoms with Crippen LogP contribution in [0.1, 0.15) is 18.1 Å². The third-order valence-corrected chi connectivity index (χ3v) is 8.30. The highest BCUT2D eigenvalue weighted by molar-refractivity contribution is 7.92. The monoisotopic (exact) mass is 508 g/mol. The number of methoxy groups -OCH3 is 1. The van der Waals surface area contributed by atoms with E-state index in [0.29, 0.717) is 5.69 Å². The first-order chi connectivity index (χ1) is 17.9. The molecule has 0 saturated carbocycles. The van der Waals surface area contributed by atoms with Crippen molar-refractivity contribution >= 4 is 37.5 Å². The molecule has 0 aliphatic rings. The van der Waals surface area contributed by atoms with E-state index in [4.69, 9.17) is 4.74 Å². The Morgan fingerprint density at radius 1 is 0.865 bits per heavy atom. The van der Waals surface area contributed by atoms with Crippen LogP contribution in [0.5, 0.6) is 5.75 Å². The van der Waals surface area contributed by atoms with E-state index in [1.807, 2.05) is 73.7 Å². The van der Waals surface area contributed by atoms with Gasteiger partial charge in [-0.2, -0.15) is 0 Å². The van der Waals surface area contributed by atoms with E-state index >= 15 is 0 Å². The number of aryl methyl sites for hydroxylation is 2. The van der Waals surface area contributed by atoms with Crippen molar-refractivity contribution in [1.82, 2.24) is 4.57 Å². The van der Waals surface area contributed by atoms with Gasteiger partial charge >= 0.3 is 0 Å². The van der Waals surface area contributed by atoms with Crippen LogP contribution in [-0.2, 0) is 16.6 Å². The minimum absolute atomic E-state index is 0.0141. The molecule has 0 radical (unpaired) electrons. The molecule has 5 rings (SSSR count). The van der Waals surface area contributed by atoms with Gasteiger partial charge in [-0.15, -0.1) is 0 Å². The minimum Gasteiger partial charge on any atom is -0.497 e. The fourth-order valence-corrected chi connectivity index (χ4v) is 5.94. The molecule has 4 aromatic carbocycles. The van der Waals surface area contributed by atoms with Gasteiger partial charge in [0.1, 0.15) is 5.75 Å². The topological polar surface area (TPSA) is 51.5 Å². The maximum Gasteiger partial charge on any atom is 0.265 e. The third kappa shape index (κ3) is 4.66. The van der Waals surface area contributed by atoms with Crippen LogP contribution in [0.3, 0.4) is 0 Å². The van der Waals surface area contributed by atoms with Gasteiger partial charge in [0, 0.05) is 33.9 Å². The predicted molar refractivity (Wildman–Crippen MR) is 151 cm³/mol. The lowest BCUT2D eigenvalue weighted by Gasteiger charge is -2.23. The largest absolute Gasteiger partial charge is 0.497 e. The maximum absolute atomic E-state index is 13.9. The zero-order valence-corrected chi connectivity index (χ0v) is 21.9. The molecule has 6 heteroatoms. The van der Waals surface area contributed by atoms with Crippen molar-refractivity contribution in [3.63, 3.8) is 0 Å². The van der Waals surface area contributed by atoms with E-state index < -0.39 is 10.0 Å². The van der Waals surface area contributed by atoms with Crippen LogP contribution >= 0.6 is 0 Å². The molecule has 0 bridgehead atoms. The number of benzene rings is 4. The molecular formula is C31H28N2O3S. The molecule has 0 aliphatic heterocycles. The first-order valence-corrected chi connectivity index (χ1v) is 13.6. The van der Waals surface area contributed by atoms with Gasteiger partial charge in [0.15, 0.2) is 0 Å². The van der Waals surface area contributed by atoms with Gasteiger partial charge < -0.3 is 9.30 Å². The maximum atomic E-state index is 13.9. The molecule has 186 valence electrons. The molecule has 0 atom stereocenters. The Kier molecular flexibility index (Phi) is 6.64. The quantitative estimate of drug-likeness (QED) is 0.250. The molecule has 5 aromatic rings. The van der Waals surface area contributed by atoms with Crippen LogP contribution in [0, 0.1) is 18.8 Å². The van der Waals surface area contributed by atoms with Gasteiger partial charge in [-0.1, -0.05) is 47.7 Å². The lowest BCUT2D eigenvalue weighted by Crippen LogP contribution is -2.31. The van der Waals surface area contributed by atoms with Crippen molar-refractivity contribution < 1.29 is 13.2 Å². The molecule has 0 amide bonds. The predicted octanol–water partition coefficient (Wildman–Crippen LogP) is 6.38. The van der Waals surface area contributed by atoms with Crippen LogP contribution in [-0.4, -0.2) is 26.6 Å². The summed E-state index contributed by atoms with van der Waals surface area (Å²) in [5, 5.41) is 2.11. The summed E-state index contributed by atoms with van der Waals surface area (Å²) in [5.74, 6) is 6.91. The van der Waals surface area contributed by atoms with Crippen LogP contribution in [0.25, 0.3) is 21.8 Å². The van der Waals surface area contributed by atoms with E-state index in [1.165, 1.54) is 4.31 Å². The molecule has 1 heterocycles. The fourth-order valence-electron chi connectivity index (χ4n) is 4.58. The smallest absolute Gasteiger partial charge is 0.265 e. The number of ether oxygens (including phenoxy) is 1. The van der Waals surface area contributed by atoms with Crippen LogP contribution < -0.4 is 9.04 Å². The second-order valence-corrected chi connectivity index (χ2v) is 10.7. The molecular weight excluding hydrogens is 480 g/mol. The van der Waals surface area contributed by atoms with Crippen molar-refractivity contribution in [2.45, 2.75) is 25.3 Å². The SMILES string of the molecule is CCn1c2ccccc2c2cc(N(CC#Cc3ccc(OC)cc3)S(=O)(=O)c3ccc(C)cc3)ccc21. The summed E-state index contributed by atoms with van der Waals surface area (Å²) >= 11 is 0. The first-order valence-electron chi connectivity index (χ1n) is 12.2. The lowest BCUT2D eigenvalue weighted by atomic mass is 10.1. The van der Waals surface area contributed by atoms with Gasteiger partial charge in [0.25, 0.3) is 10.0 Å². The Morgan fingerprint density at radius 2 is 1.57 bits per heavy atom. The first kappa shape index (κ1) is 24.5. The Bertz CT molecular complexity index is 1740. The van der Waals surface area contributed by atoms with Crippen LogP contribution in [0.2, 0.25) is 0 Å². The van der Waals surface area contributed by atoms with E-state index in [0.717, 1.165) is 45.2 Å². The van der Waals surface area contributed by atoms with E-state index in [1.54, 1.807) is 19.2 Å². The molecule has 0 spiro atoms. The summed E-state index contributed by atoms with van der Waals surface area (Å²) < 4.78 is 36.6. The molecule has 0 saturated heterocycles. The molecule has 37 heavy (non-hydrogen) atoms. The lowest BCUT2D eigenvalue weighted by molar-refractivity contribution is 0.415. The van der Waals surface area contributed by atoms with E-state index in [9.17, 15) is 8.42 Å². The van der Waals surface area contributed by atoms with Crippen molar-refractivity contribution in [3.05, 3.63) is 102 Å². The average Bonchev–Trinajstić information content (AvgIpc) is 3.24. The number of fused-ring (bicyclic) bond motifs is 3. The van der Waals surface area contributed by atoms with Crippen molar-refractivity contribution in [1.29, 1.82) is 0 Å². The Balaban J connectivity index is 1.62. The standard InChI is InChI=1S/C31H28N2O3S/c1-4-32-30-10-6-5-9-28(30)29-22-25(15-20-31(29)32)33(37(34,35)27-18-11-23(2)12-19-27)21-7-8-24-13-16-26(36-3)17-14-24/h5-6,9-20,22H,4,21H2,1-3H3. The van der Waals surface area contributed by atoms with Gasteiger partial charge in [-0.05, 0) is 74.5 Å². The highest BCUT2D eigenvalue weighted by Crippen LogP contribution is 2.33. The summed E-state index contributed by atoms with van der Waals surface area (Å²) in [7, 11) is -2.24. The number of aromatic nitrogens is 1. The number of hydrogen-bond donors (Lipinski definition) is 0. The third-order valence-electron chi connectivity index (χ3n) is 6.51. The Morgan fingerprint density at radius 3 is 2.27 bits per heavy atom. The number of para-hydroxylation sites is 1. The van der Waals surface area contributed by atoms with Crippen LogP contribution in [0.4, 0.5) is 5.69 Å². The van der Waals surface area contributed by atoms with Gasteiger partial charge in [-0.25, -0.2) is 8.42 Å². The summed E-state index contributed by atoms with van der Waals surface area (Å²) in [6.45, 7) is 4.89. The number of rotatable bonds is 6.